The van der Waals surface area contributed by atoms with Gasteiger partial charge in [-0.05, 0) is 43.1 Å². The summed E-state index contributed by atoms with van der Waals surface area (Å²) < 4.78 is 11.1. The number of hydrogen-bond acceptors (Lipinski definition) is 5. The number of rotatable bonds is 5. The van der Waals surface area contributed by atoms with Crippen LogP contribution < -0.4 is 10.1 Å². The van der Waals surface area contributed by atoms with Crippen LogP contribution >= 0.6 is 23.2 Å². The summed E-state index contributed by atoms with van der Waals surface area (Å²) in [7, 11) is 1.56. The van der Waals surface area contributed by atoms with Gasteiger partial charge in [0.25, 0.3) is 6.01 Å². The predicted molar refractivity (Wildman–Crippen MR) is 113 cm³/mol. The highest BCUT2D eigenvalue weighted by Gasteiger charge is 2.33. The number of benzene rings is 2. The first-order valence-corrected chi connectivity index (χ1v) is 9.99. The Hall–Kier alpha value is -2.18. The van der Waals surface area contributed by atoms with Crippen molar-refractivity contribution in [1.29, 1.82) is 0 Å². The third-order valence-electron chi connectivity index (χ3n) is 5.15. The quantitative estimate of drug-likeness (QED) is 0.545. The fourth-order valence-electron chi connectivity index (χ4n) is 3.79. The lowest BCUT2D eigenvalue weighted by Gasteiger charge is -2.26. The van der Waals surface area contributed by atoms with E-state index >= 15 is 0 Å². The summed E-state index contributed by atoms with van der Waals surface area (Å²) in [5, 5.41) is 4.47. The molecule has 3 aromatic rings. The second kappa shape index (κ2) is 8.06. The lowest BCUT2D eigenvalue weighted by molar-refractivity contribution is 0.106. The summed E-state index contributed by atoms with van der Waals surface area (Å²) in [4.78, 5) is 17.5. The second-order valence-electron chi connectivity index (χ2n) is 7.04. The SMILES string of the molecule is COc1ccc(Cl)cc1C(=O)B1CCCC(Nc2nc3ccc(Cl)cc3o2)C1. The molecule has 1 aliphatic rings. The summed E-state index contributed by atoms with van der Waals surface area (Å²) >= 11 is 12.1. The first-order valence-electron chi connectivity index (χ1n) is 9.24. The number of methoxy groups -OCH3 is 1. The maximum absolute atomic E-state index is 13.1. The number of carbonyl (C=O) groups excluding carboxylic acids is 1. The summed E-state index contributed by atoms with van der Waals surface area (Å²) in [6, 6.07) is 11.1. The molecule has 2 aromatic carbocycles. The van der Waals surface area contributed by atoms with Crippen molar-refractivity contribution in [3.8, 4) is 5.75 Å². The lowest BCUT2D eigenvalue weighted by Crippen LogP contribution is -2.37. The molecule has 1 aromatic heterocycles. The van der Waals surface area contributed by atoms with Crippen LogP contribution in [-0.2, 0) is 0 Å². The van der Waals surface area contributed by atoms with Crippen molar-refractivity contribution in [1.82, 2.24) is 4.98 Å². The number of anilines is 1. The number of halogens is 2. The van der Waals surface area contributed by atoms with Gasteiger partial charge in [0.05, 0.1) is 12.7 Å². The molecule has 1 atom stereocenters. The highest BCUT2D eigenvalue weighted by Crippen LogP contribution is 2.30. The number of nitrogens with zero attached hydrogens (tertiary/aromatic N) is 1. The van der Waals surface area contributed by atoms with Crippen LogP contribution in [0.2, 0.25) is 22.7 Å². The van der Waals surface area contributed by atoms with E-state index in [4.69, 9.17) is 32.4 Å². The van der Waals surface area contributed by atoms with Gasteiger partial charge in [-0.25, -0.2) is 0 Å². The minimum Gasteiger partial charge on any atom is -0.496 e. The zero-order valence-electron chi connectivity index (χ0n) is 15.4. The van der Waals surface area contributed by atoms with E-state index in [1.165, 1.54) is 0 Å². The number of aromatic nitrogens is 1. The normalized spacial score (nSPS) is 17.0. The molecule has 0 aliphatic carbocycles. The minimum absolute atomic E-state index is 0.0650. The molecular formula is C20H19BCl2N2O3. The third-order valence-corrected chi connectivity index (χ3v) is 5.62. The number of ether oxygens (including phenoxy) is 1. The summed E-state index contributed by atoms with van der Waals surface area (Å²) in [6.45, 7) is -0.0996. The second-order valence-corrected chi connectivity index (χ2v) is 7.92. The van der Waals surface area contributed by atoms with Gasteiger partial charge in [0.2, 0.25) is 6.71 Å². The Balaban J connectivity index is 1.49. The molecule has 0 spiro atoms. The fourth-order valence-corrected chi connectivity index (χ4v) is 4.12. The zero-order valence-corrected chi connectivity index (χ0v) is 16.9. The Kier molecular flexibility index (Phi) is 5.51. The van der Waals surface area contributed by atoms with Gasteiger partial charge < -0.3 is 19.3 Å². The van der Waals surface area contributed by atoms with E-state index in [0.29, 0.717) is 39.3 Å². The van der Waals surface area contributed by atoms with Gasteiger partial charge in [0.1, 0.15) is 16.9 Å². The van der Waals surface area contributed by atoms with E-state index < -0.39 is 0 Å². The van der Waals surface area contributed by atoms with Crippen LogP contribution in [-0.4, -0.2) is 30.5 Å². The Morgan fingerprint density at radius 3 is 2.86 bits per heavy atom. The Labute approximate surface area is 173 Å². The average Bonchev–Trinajstić information content (AvgIpc) is 3.08. The Bertz CT molecular complexity index is 1020. The van der Waals surface area contributed by atoms with Crippen LogP contribution in [0, 0.1) is 0 Å². The van der Waals surface area contributed by atoms with Crippen molar-refractivity contribution >= 4 is 52.7 Å². The van der Waals surface area contributed by atoms with Crippen LogP contribution in [0.25, 0.3) is 11.1 Å². The topological polar surface area (TPSA) is 64.4 Å². The summed E-state index contributed by atoms with van der Waals surface area (Å²) in [5.74, 6) is 0.556. The zero-order chi connectivity index (χ0) is 19.7. The molecule has 28 heavy (non-hydrogen) atoms. The first kappa shape index (κ1) is 19.2. The summed E-state index contributed by atoms with van der Waals surface area (Å²) in [5.41, 5.74) is 1.99. The van der Waals surface area contributed by atoms with Gasteiger partial charge in [0.15, 0.2) is 5.58 Å². The van der Waals surface area contributed by atoms with Crippen LogP contribution in [0.5, 0.6) is 5.75 Å². The average molecular weight is 417 g/mol. The van der Waals surface area contributed by atoms with Crippen molar-refractivity contribution < 1.29 is 13.9 Å². The predicted octanol–water partition coefficient (Wildman–Crippen LogP) is 5.63. The number of fused-ring (bicyclic) bond motifs is 1. The number of hydrogen-bond donors (Lipinski definition) is 1. The number of carbonyl (C=O) groups is 1. The molecule has 1 saturated heterocycles. The molecule has 8 heteroatoms. The van der Waals surface area contributed by atoms with Gasteiger partial charge in [0, 0.05) is 22.2 Å². The molecule has 0 radical (unpaired) electrons. The molecular weight excluding hydrogens is 398 g/mol. The monoisotopic (exact) mass is 416 g/mol. The van der Waals surface area contributed by atoms with Gasteiger partial charge >= 0.3 is 0 Å². The highest BCUT2D eigenvalue weighted by atomic mass is 35.5. The number of nitrogens with one attached hydrogen (secondary N) is 1. The minimum atomic E-state index is -0.0996. The van der Waals surface area contributed by atoms with E-state index in [-0.39, 0.29) is 18.4 Å². The molecule has 1 unspecified atom stereocenters. The molecule has 1 N–H and O–H groups in total. The molecule has 4 rings (SSSR count). The molecule has 1 aliphatic heterocycles. The van der Waals surface area contributed by atoms with Gasteiger partial charge in [-0.15, -0.1) is 0 Å². The molecule has 0 amide bonds. The fraction of sp³-hybridized carbons (Fsp3) is 0.300. The van der Waals surface area contributed by atoms with Crippen LogP contribution in [0.3, 0.4) is 0 Å². The van der Waals surface area contributed by atoms with E-state index in [9.17, 15) is 4.79 Å². The lowest BCUT2D eigenvalue weighted by atomic mass is 9.37. The van der Waals surface area contributed by atoms with Crippen LogP contribution in [0.4, 0.5) is 6.01 Å². The third kappa shape index (κ3) is 3.98. The summed E-state index contributed by atoms with van der Waals surface area (Å²) in [6.07, 6.45) is 3.45. The molecule has 0 bridgehead atoms. The van der Waals surface area contributed by atoms with Crippen molar-refractivity contribution in [2.75, 3.05) is 12.4 Å². The maximum atomic E-state index is 13.1. The Morgan fingerprint density at radius 2 is 2.04 bits per heavy atom. The number of oxazole rings is 1. The molecule has 0 saturated carbocycles. The molecule has 5 nitrogen and oxygen atoms in total. The van der Waals surface area contributed by atoms with Gasteiger partial charge in [-0.1, -0.05) is 35.9 Å². The maximum Gasteiger partial charge on any atom is 0.295 e. The van der Waals surface area contributed by atoms with Crippen LogP contribution in [0.1, 0.15) is 23.2 Å². The Morgan fingerprint density at radius 1 is 1.25 bits per heavy atom. The van der Waals surface area contributed by atoms with Crippen molar-refractivity contribution in [2.24, 2.45) is 0 Å². The van der Waals surface area contributed by atoms with E-state index in [1.807, 2.05) is 6.07 Å². The van der Waals surface area contributed by atoms with Gasteiger partial charge in [-0.3, -0.25) is 0 Å². The van der Waals surface area contributed by atoms with E-state index in [1.54, 1.807) is 37.4 Å². The molecule has 144 valence electrons. The first-order chi connectivity index (χ1) is 13.5. The van der Waals surface area contributed by atoms with Crippen molar-refractivity contribution in [3.63, 3.8) is 0 Å². The molecule has 1 fully saturated rings. The largest absolute Gasteiger partial charge is 0.496 e. The standard InChI is InChI=1S/C20H19BCl2N2O3/c1-27-17-7-5-12(22)9-15(17)19(26)21-8-2-3-14(11-21)24-20-25-16-6-4-13(23)10-18(16)28-20/h4-7,9-10,14H,2-3,8,11H2,1H3,(H,24,25). The van der Waals surface area contributed by atoms with E-state index in [0.717, 1.165) is 24.7 Å². The smallest absolute Gasteiger partial charge is 0.295 e. The van der Waals surface area contributed by atoms with Crippen LogP contribution in [0.15, 0.2) is 40.8 Å². The van der Waals surface area contributed by atoms with Crippen molar-refractivity contribution in [3.05, 3.63) is 52.0 Å². The van der Waals surface area contributed by atoms with Gasteiger partial charge in [-0.2, -0.15) is 4.98 Å². The molecule has 2 heterocycles. The van der Waals surface area contributed by atoms with Crippen molar-refractivity contribution in [2.45, 2.75) is 31.5 Å². The highest BCUT2D eigenvalue weighted by molar-refractivity contribution is 6.93. The van der Waals surface area contributed by atoms with E-state index in [2.05, 4.69) is 10.3 Å².